The summed E-state index contributed by atoms with van der Waals surface area (Å²) in [5.74, 6) is -1.02. The van der Waals surface area contributed by atoms with Crippen LogP contribution in [0.2, 0.25) is 0 Å². The SMILES string of the molecule is CSC12C(=O)OC(=O)C1(N)C1C=CC2C1. The highest BCUT2D eigenvalue weighted by atomic mass is 32.2. The average molecular weight is 225 g/mol. The van der Waals surface area contributed by atoms with Gasteiger partial charge in [0.15, 0.2) is 0 Å². The largest absolute Gasteiger partial charge is 0.391 e. The van der Waals surface area contributed by atoms with Gasteiger partial charge in [-0.1, -0.05) is 12.2 Å². The van der Waals surface area contributed by atoms with Gasteiger partial charge in [0, 0.05) is 11.8 Å². The van der Waals surface area contributed by atoms with E-state index in [1.54, 1.807) is 0 Å². The first kappa shape index (κ1) is 9.42. The Morgan fingerprint density at radius 3 is 2.67 bits per heavy atom. The average Bonchev–Trinajstić information content (AvgIpc) is 2.80. The third kappa shape index (κ3) is 0.711. The summed E-state index contributed by atoms with van der Waals surface area (Å²) < 4.78 is 3.87. The zero-order valence-electron chi connectivity index (χ0n) is 8.23. The van der Waals surface area contributed by atoms with E-state index in [-0.39, 0.29) is 11.8 Å². The minimum absolute atomic E-state index is 0.0430. The second kappa shape index (κ2) is 2.47. The van der Waals surface area contributed by atoms with Crippen molar-refractivity contribution in [3.8, 4) is 0 Å². The summed E-state index contributed by atoms with van der Waals surface area (Å²) in [6.45, 7) is 0. The minimum Gasteiger partial charge on any atom is -0.391 e. The molecule has 1 heterocycles. The van der Waals surface area contributed by atoms with Crippen LogP contribution in [0.5, 0.6) is 0 Å². The van der Waals surface area contributed by atoms with E-state index in [4.69, 9.17) is 10.5 Å². The van der Waals surface area contributed by atoms with E-state index in [0.29, 0.717) is 0 Å². The Balaban J connectivity index is 2.26. The lowest BCUT2D eigenvalue weighted by atomic mass is 9.77. The summed E-state index contributed by atoms with van der Waals surface area (Å²) in [5.41, 5.74) is 5.03. The van der Waals surface area contributed by atoms with Gasteiger partial charge in [-0.05, 0) is 12.7 Å². The van der Waals surface area contributed by atoms with Gasteiger partial charge in [0.2, 0.25) is 0 Å². The van der Waals surface area contributed by atoms with Crippen LogP contribution in [-0.4, -0.2) is 28.5 Å². The smallest absolute Gasteiger partial charge is 0.336 e. The van der Waals surface area contributed by atoms with Crippen molar-refractivity contribution in [2.45, 2.75) is 16.7 Å². The highest BCUT2D eigenvalue weighted by molar-refractivity contribution is 8.00. The number of esters is 2. The molecule has 0 spiro atoms. The number of ether oxygens (including phenoxy) is 1. The molecule has 3 rings (SSSR count). The Morgan fingerprint density at radius 1 is 1.40 bits per heavy atom. The molecular weight excluding hydrogens is 214 g/mol. The van der Waals surface area contributed by atoms with Crippen LogP contribution in [0.25, 0.3) is 0 Å². The first-order valence-electron chi connectivity index (χ1n) is 4.86. The molecule has 2 aliphatic carbocycles. The number of carbonyl (C=O) groups excluding carboxylic acids is 2. The van der Waals surface area contributed by atoms with E-state index in [9.17, 15) is 9.59 Å². The van der Waals surface area contributed by atoms with Gasteiger partial charge in [0.1, 0.15) is 10.3 Å². The maximum Gasteiger partial charge on any atom is 0.336 e. The number of allylic oxidation sites excluding steroid dienone is 1. The standard InChI is InChI=1S/C10H11NO3S/c1-15-10-6-3-2-5(4-6)9(10,11)7(12)14-8(10)13/h2-3,5-6H,4,11H2,1H3. The summed E-state index contributed by atoms with van der Waals surface area (Å²) in [5, 5.41) is 0. The number of carbonyl (C=O) groups is 2. The van der Waals surface area contributed by atoms with Crippen molar-refractivity contribution in [1.82, 2.24) is 0 Å². The van der Waals surface area contributed by atoms with Crippen LogP contribution < -0.4 is 5.73 Å². The van der Waals surface area contributed by atoms with Gasteiger partial charge < -0.3 is 10.5 Å². The molecule has 2 fully saturated rings. The van der Waals surface area contributed by atoms with Crippen LogP contribution in [0.1, 0.15) is 6.42 Å². The third-order valence-electron chi connectivity index (χ3n) is 3.95. The monoisotopic (exact) mass is 225 g/mol. The summed E-state index contributed by atoms with van der Waals surface area (Å²) in [6.07, 6.45) is 6.54. The maximum atomic E-state index is 11.8. The van der Waals surface area contributed by atoms with Crippen molar-refractivity contribution in [1.29, 1.82) is 0 Å². The summed E-state index contributed by atoms with van der Waals surface area (Å²) >= 11 is 1.35. The van der Waals surface area contributed by atoms with Crippen molar-refractivity contribution in [2.75, 3.05) is 6.26 Å². The van der Waals surface area contributed by atoms with Crippen LogP contribution in [0.4, 0.5) is 0 Å². The fourth-order valence-electron chi connectivity index (χ4n) is 3.19. The lowest BCUT2D eigenvalue weighted by Crippen LogP contribution is -2.63. The number of hydrogen-bond donors (Lipinski definition) is 1. The van der Waals surface area contributed by atoms with Crippen LogP contribution in [0.15, 0.2) is 12.2 Å². The molecular formula is C10H11NO3S. The molecule has 4 nitrogen and oxygen atoms in total. The van der Waals surface area contributed by atoms with Crippen molar-refractivity contribution in [3.05, 3.63) is 12.2 Å². The maximum absolute atomic E-state index is 11.8. The molecule has 1 saturated heterocycles. The van der Waals surface area contributed by atoms with E-state index in [1.165, 1.54) is 11.8 Å². The predicted molar refractivity (Wildman–Crippen MR) is 55.0 cm³/mol. The van der Waals surface area contributed by atoms with E-state index in [0.717, 1.165) is 6.42 Å². The van der Waals surface area contributed by atoms with Gasteiger partial charge in [-0.15, -0.1) is 11.8 Å². The molecule has 3 aliphatic rings. The van der Waals surface area contributed by atoms with Crippen molar-refractivity contribution in [3.63, 3.8) is 0 Å². The highest BCUT2D eigenvalue weighted by Gasteiger charge is 2.77. The number of fused-ring (bicyclic) bond motifs is 5. The minimum atomic E-state index is -1.14. The fraction of sp³-hybridized carbons (Fsp3) is 0.600. The molecule has 0 aromatic carbocycles. The zero-order valence-corrected chi connectivity index (χ0v) is 9.04. The van der Waals surface area contributed by atoms with E-state index in [1.807, 2.05) is 18.4 Å². The summed E-state index contributed by atoms with van der Waals surface area (Å²) in [7, 11) is 0. The Morgan fingerprint density at radius 2 is 2.07 bits per heavy atom. The predicted octanol–water partition coefficient (Wildman–Crippen LogP) is 0.0750. The van der Waals surface area contributed by atoms with Crippen LogP contribution in [-0.2, 0) is 14.3 Å². The van der Waals surface area contributed by atoms with Gasteiger partial charge >= 0.3 is 11.9 Å². The second-order valence-electron chi connectivity index (χ2n) is 4.32. The number of nitrogens with two attached hydrogens (primary N) is 1. The number of rotatable bonds is 1. The molecule has 2 bridgehead atoms. The molecule has 15 heavy (non-hydrogen) atoms. The second-order valence-corrected chi connectivity index (χ2v) is 5.37. The quantitative estimate of drug-likeness (QED) is 0.388. The number of hydrogen-bond acceptors (Lipinski definition) is 5. The molecule has 0 aromatic rings. The van der Waals surface area contributed by atoms with Crippen LogP contribution >= 0.6 is 11.8 Å². The highest BCUT2D eigenvalue weighted by Crippen LogP contribution is 2.61. The Kier molecular flexibility index (Phi) is 1.55. The topological polar surface area (TPSA) is 69.4 Å². The van der Waals surface area contributed by atoms with E-state index >= 15 is 0 Å². The third-order valence-corrected chi connectivity index (χ3v) is 5.40. The molecule has 4 unspecified atom stereocenters. The lowest BCUT2D eigenvalue weighted by molar-refractivity contribution is -0.154. The van der Waals surface area contributed by atoms with Crippen molar-refractivity contribution in [2.24, 2.45) is 17.6 Å². The number of cyclic esters (lactones) is 2. The molecule has 5 heteroatoms. The van der Waals surface area contributed by atoms with Gasteiger partial charge in [0.05, 0.1) is 0 Å². The van der Waals surface area contributed by atoms with Gasteiger partial charge in [0.25, 0.3) is 0 Å². The van der Waals surface area contributed by atoms with Crippen molar-refractivity contribution >= 4 is 23.7 Å². The molecule has 0 radical (unpaired) electrons. The van der Waals surface area contributed by atoms with Gasteiger partial charge in [-0.2, -0.15) is 0 Å². The molecule has 80 valence electrons. The van der Waals surface area contributed by atoms with E-state index in [2.05, 4.69) is 0 Å². The molecule has 0 amide bonds. The first-order chi connectivity index (χ1) is 7.07. The fourth-order valence-corrected chi connectivity index (χ4v) is 4.45. The molecule has 4 atom stereocenters. The molecule has 1 aliphatic heterocycles. The summed E-state index contributed by atoms with van der Waals surface area (Å²) in [6, 6.07) is 0. The molecule has 2 N–H and O–H groups in total. The van der Waals surface area contributed by atoms with E-state index < -0.39 is 22.2 Å². The molecule has 1 saturated carbocycles. The Hall–Kier alpha value is -0.810. The Bertz CT molecular complexity index is 407. The van der Waals surface area contributed by atoms with Crippen LogP contribution in [0, 0.1) is 11.8 Å². The van der Waals surface area contributed by atoms with Gasteiger partial charge in [-0.25, -0.2) is 9.59 Å². The normalized spacial score (nSPS) is 51.1. The first-order valence-corrected chi connectivity index (χ1v) is 6.09. The zero-order chi connectivity index (χ0) is 10.8. The summed E-state index contributed by atoms with van der Waals surface area (Å²) in [4.78, 5) is 23.6. The van der Waals surface area contributed by atoms with Gasteiger partial charge in [-0.3, -0.25) is 0 Å². The Labute approximate surface area is 91.2 Å². The van der Waals surface area contributed by atoms with Crippen LogP contribution in [0.3, 0.4) is 0 Å². The molecule has 0 aromatic heterocycles. The lowest BCUT2D eigenvalue weighted by Gasteiger charge is -2.36. The number of thioether (sulfide) groups is 1. The van der Waals surface area contributed by atoms with Crippen molar-refractivity contribution < 1.29 is 14.3 Å².